The molecule has 3 rings (SSSR count). The fourth-order valence-electron chi connectivity index (χ4n) is 2.62. The second-order valence-corrected chi connectivity index (χ2v) is 6.43. The summed E-state index contributed by atoms with van der Waals surface area (Å²) in [5.74, 6) is -0.442. The van der Waals surface area contributed by atoms with Crippen LogP contribution in [0.5, 0.6) is 0 Å². The van der Waals surface area contributed by atoms with Crippen molar-refractivity contribution in [2.45, 2.75) is 6.42 Å². The molecule has 0 spiro atoms. The highest BCUT2D eigenvalue weighted by Gasteiger charge is 2.34. The Labute approximate surface area is 142 Å². The second kappa shape index (κ2) is 7.04. The van der Waals surface area contributed by atoms with Gasteiger partial charge in [-0.15, -0.1) is 0 Å². The lowest BCUT2D eigenvalue weighted by atomic mass is 10.1. The fraction of sp³-hybridized carbons (Fsp3) is 0.375. The number of imide groups is 1. The Morgan fingerprint density at radius 2 is 1.75 bits per heavy atom. The van der Waals surface area contributed by atoms with Crippen molar-refractivity contribution in [2.24, 2.45) is 0 Å². The standard InChI is InChI=1S/C16H16N2O5S/c19-13(5-6-17-8-10-24-16(17)22)23-9-7-18-14(20)11-3-1-2-4-12(11)15(18)21/h1-4H,5-10H2. The molecule has 0 unspecified atom stereocenters. The molecule has 2 aliphatic rings. The van der Waals surface area contributed by atoms with Gasteiger partial charge in [-0.25, -0.2) is 0 Å². The average molecular weight is 348 g/mol. The van der Waals surface area contributed by atoms with Gasteiger partial charge >= 0.3 is 5.97 Å². The van der Waals surface area contributed by atoms with Crippen LogP contribution < -0.4 is 0 Å². The number of carbonyl (C=O) groups is 4. The lowest BCUT2D eigenvalue weighted by molar-refractivity contribution is -0.144. The summed E-state index contributed by atoms with van der Waals surface area (Å²) in [6.07, 6.45) is 0.106. The van der Waals surface area contributed by atoms with Gasteiger partial charge in [0.05, 0.1) is 24.1 Å². The maximum absolute atomic E-state index is 12.1. The van der Waals surface area contributed by atoms with Crippen LogP contribution in [0.3, 0.4) is 0 Å². The van der Waals surface area contributed by atoms with E-state index in [2.05, 4.69) is 0 Å². The van der Waals surface area contributed by atoms with Gasteiger partial charge in [0.25, 0.3) is 17.1 Å². The SMILES string of the molecule is O=C(CCN1CCSC1=O)OCCN1C(=O)c2ccccc2C1=O. The minimum atomic E-state index is -0.448. The minimum absolute atomic E-state index is 0.0196. The van der Waals surface area contributed by atoms with Gasteiger partial charge in [-0.2, -0.15) is 0 Å². The maximum Gasteiger partial charge on any atom is 0.307 e. The maximum atomic E-state index is 12.1. The van der Waals surface area contributed by atoms with Crippen LogP contribution in [0, 0.1) is 0 Å². The van der Waals surface area contributed by atoms with Crippen LogP contribution in [0.1, 0.15) is 27.1 Å². The van der Waals surface area contributed by atoms with E-state index in [0.717, 1.165) is 10.7 Å². The molecule has 0 N–H and O–H groups in total. The third-order valence-electron chi connectivity index (χ3n) is 3.89. The van der Waals surface area contributed by atoms with Crippen molar-refractivity contribution >= 4 is 34.8 Å². The van der Waals surface area contributed by atoms with Gasteiger partial charge in [0.15, 0.2) is 0 Å². The molecule has 0 aliphatic carbocycles. The Hall–Kier alpha value is -2.35. The van der Waals surface area contributed by atoms with E-state index < -0.39 is 5.97 Å². The number of nitrogens with zero attached hydrogens (tertiary/aromatic N) is 2. The van der Waals surface area contributed by atoms with E-state index in [9.17, 15) is 19.2 Å². The number of fused-ring (bicyclic) bond motifs is 1. The highest BCUT2D eigenvalue weighted by Crippen LogP contribution is 2.22. The van der Waals surface area contributed by atoms with Crippen molar-refractivity contribution in [3.05, 3.63) is 35.4 Å². The van der Waals surface area contributed by atoms with Crippen molar-refractivity contribution in [1.29, 1.82) is 0 Å². The zero-order valence-corrected chi connectivity index (χ0v) is 13.7. The molecule has 3 amide bonds. The van der Waals surface area contributed by atoms with Gasteiger partial charge < -0.3 is 9.64 Å². The molecule has 0 saturated carbocycles. The molecule has 1 fully saturated rings. The normalized spacial score (nSPS) is 16.8. The van der Waals surface area contributed by atoms with Crippen molar-refractivity contribution < 1.29 is 23.9 Å². The summed E-state index contributed by atoms with van der Waals surface area (Å²) in [6, 6.07) is 6.61. The molecular formula is C16H16N2O5S. The first-order chi connectivity index (χ1) is 11.6. The van der Waals surface area contributed by atoms with Crippen LogP contribution in [-0.2, 0) is 9.53 Å². The Morgan fingerprint density at radius 1 is 1.08 bits per heavy atom. The van der Waals surface area contributed by atoms with Crippen molar-refractivity contribution in [2.75, 3.05) is 32.0 Å². The molecule has 7 nitrogen and oxygen atoms in total. The Morgan fingerprint density at radius 3 is 2.33 bits per heavy atom. The van der Waals surface area contributed by atoms with E-state index in [-0.39, 0.29) is 36.6 Å². The summed E-state index contributed by atoms with van der Waals surface area (Å²) >= 11 is 1.24. The topological polar surface area (TPSA) is 84.0 Å². The predicted octanol–water partition coefficient (Wildman–Crippen LogP) is 1.38. The summed E-state index contributed by atoms with van der Waals surface area (Å²) in [7, 11) is 0. The van der Waals surface area contributed by atoms with Crippen molar-refractivity contribution in [1.82, 2.24) is 9.80 Å². The summed E-state index contributed by atoms with van der Waals surface area (Å²) in [5.41, 5.74) is 0.748. The molecular weight excluding hydrogens is 332 g/mol. The number of esters is 1. The number of thioether (sulfide) groups is 1. The molecule has 1 aromatic carbocycles. The van der Waals surface area contributed by atoms with E-state index in [1.54, 1.807) is 29.2 Å². The molecule has 1 saturated heterocycles. The van der Waals surface area contributed by atoms with E-state index in [0.29, 0.717) is 24.2 Å². The van der Waals surface area contributed by atoms with Crippen LogP contribution in [-0.4, -0.2) is 64.8 Å². The Kier molecular flexibility index (Phi) is 4.84. The van der Waals surface area contributed by atoms with Crippen LogP contribution in [0.2, 0.25) is 0 Å². The molecule has 2 aliphatic heterocycles. The van der Waals surface area contributed by atoms with E-state index in [4.69, 9.17) is 4.74 Å². The van der Waals surface area contributed by atoms with E-state index in [1.807, 2.05) is 0 Å². The van der Waals surface area contributed by atoms with Gasteiger partial charge in [0.2, 0.25) is 0 Å². The summed E-state index contributed by atoms with van der Waals surface area (Å²) in [5, 5.41) is -0.0196. The molecule has 2 heterocycles. The largest absolute Gasteiger partial charge is 0.464 e. The van der Waals surface area contributed by atoms with Crippen molar-refractivity contribution in [3.8, 4) is 0 Å². The number of ether oxygens (including phenoxy) is 1. The molecule has 126 valence electrons. The molecule has 24 heavy (non-hydrogen) atoms. The summed E-state index contributed by atoms with van der Waals surface area (Å²) in [6.45, 7) is 0.951. The number of carbonyl (C=O) groups excluding carboxylic acids is 4. The predicted molar refractivity (Wildman–Crippen MR) is 86.8 cm³/mol. The van der Waals surface area contributed by atoms with Gasteiger partial charge in [0, 0.05) is 18.8 Å². The van der Waals surface area contributed by atoms with E-state index >= 15 is 0 Å². The fourth-order valence-corrected chi connectivity index (χ4v) is 3.47. The van der Waals surface area contributed by atoms with Gasteiger partial charge in [-0.3, -0.25) is 24.1 Å². The molecule has 0 bridgehead atoms. The van der Waals surface area contributed by atoms with Gasteiger partial charge in [-0.05, 0) is 12.1 Å². The highest BCUT2D eigenvalue weighted by molar-refractivity contribution is 8.13. The third-order valence-corrected chi connectivity index (χ3v) is 4.78. The zero-order valence-electron chi connectivity index (χ0n) is 12.9. The summed E-state index contributed by atoms with van der Waals surface area (Å²) in [4.78, 5) is 50.1. The smallest absolute Gasteiger partial charge is 0.307 e. The Balaban J connectivity index is 1.44. The monoisotopic (exact) mass is 348 g/mol. The number of hydrogen-bond acceptors (Lipinski definition) is 6. The molecule has 0 radical (unpaired) electrons. The quantitative estimate of drug-likeness (QED) is 0.570. The van der Waals surface area contributed by atoms with Gasteiger partial charge in [0.1, 0.15) is 6.61 Å². The first-order valence-corrected chi connectivity index (χ1v) is 8.59. The average Bonchev–Trinajstić information content (AvgIpc) is 3.10. The number of rotatable bonds is 6. The van der Waals surface area contributed by atoms with Crippen LogP contribution in [0.4, 0.5) is 4.79 Å². The number of benzene rings is 1. The lowest BCUT2D eigenvalue weighted by Gasteiger charge is -2.15. The number of amides is 3. The number of hydrogen-bond donors (Lipinski definition) is 0. The second-order valence-electron chi connectivity index (χ2n) is 5.38. The molecule has 1 aromatic rings. The lowest BCUT2D eigenvalue weighted by Crippen LogP contribution is -2.34. The first kappa shape index (κ1) is 16.5. The first-order valence-electron chi connectivity index (χ1n) is 7.60. The summed E-state index contributed by atoms with van der Waals surface area (Å²) < 4.78 is 5.06. The molecule has 0 atom stereocenters. The molecule has 0 aromatic heterocycles. The highest BCUT2D eigenvalue weighted by atomic mass is 32.2. The van der Waals surface area contributed by atoms with Crippen LogP contribution in [0.25, 0.3) is 0 Å². The molecule has 8 heteroatoms. The van der Waals surface area contributed by atoms with Crippen LogP contribution in [0.15, 0.2) is 24.3 Å². The van der Waals surface area contributed by atoms with Crippen molar-refractivity contribution in [3.63, 3.8) is 0 Å². The van der Waals surface area contributed by atoms with E-state index in [1.165, 1.54) is 11.8 Å². The Bertz CT molecular complexity index is 670. The zero-order chi connectivity index (χ0) is 17.1. The minimum Gasteiger partial charge on any atom is -0.464 e. The van der Waals surface area contributed by atoms with Gasteiger partial charge in [-0.1, -0.05) is 23.9 Å². The third kappa shape index (κ3) is 3.28. The van der Waals surface area contributed by atoms with Crippen LogP contribution >= 0.6 is 11.8 Å².